The Kier molecular flexibility index (Phi) is 4.45. The third-order valence-electron chi connectivity index (χ3n) is 1.72. The number of anilines is 1. The summed E-state index contributed by atoms with van der Waals surface area (Å²) >= 11 is 0. The van der Waals surface area contributed by atoms with Crippen LogP contribution < -0.4 is 10.6 Å². The smallest absolute Gasteiger partial charge is 0.325 e. The summed E-state index contributed by atoms with van der Waals surface area (Å²) in [5, 5.41) is 4.19. The van der Waals surface area contributed by atoms with E-state index in [1.165, 1.54) is 18.2 Å². The van der Waals surface area contributed by atoms with Crippen LogP contribution in [0.3, 0.4) is 0 Å². The molecular weight excluding hydrogens is 240 g/mol. The van der Waals surface area contributed by atoms with E-state index >= 15 is 0 Å². The second-order valence-electron chi connectivity index (χ2n) is 3.28. The van der Waals surface area contributed by atoms with Crippen LogP contribution in [0.5, 0.6) is 0 Å². The van der Waals surface area contributed by atoms with Gasteiger partial charge in [-0.15, -0.1) is 0 Å². The molecule has 1 amide bonds. The maximum Gasteiger partial charge on any atom is 0.401 e. The van der Waals surface area contributed by atoms with Crippen LogP contribution in [0.25, 0.3) is 0 Å². The first kappa shape index (κ1) is 13.4. The van der Waals surface area contributed by atoms with Crippen LogP contribution in [0.4, 0.5) is 23.2 Å². The molecular formula is C10H10F4N2O. The predicted octanol–water partition coefficient (Wildman–Crippen LogP) is 1.92. The van der Waals surface area contributed by atoms with Crippen molar-refractivity contribution in [1.82, 2.24) is 5.32 Å². The molecule has 0 aromatic heterocycles. The van der Waals surface area contributed by atoms with Gasteiger partial charge in [-0.2, -0.15) is 13.2 Å². The molecule has 0 aliphatic rings. The minimum absolute atomic E-state index is 0.198. The van der Waals surface area contributed by atoms with E-state index < -0.39 is 31.0 Å². The fraction of sp³-hybridized carbons (Fsp3) is 0.300. The average molecular weight is 250 g/mol. The molecule has 0 fully saturated rings. The molecule has 0 aliphatic carbocycles. The minimum atomic E-state index is -4.36. The molecule has 17 heavy (non-hydrogen) atoms. The van der Waals surface area contributed by atoms with Gasteiger partial charge >= 0.3 is 6.18 Å². The van der Waals surface area contributed by atoms with Gasteiger partial charge in [0.2, 0.25) is 5.91 Å². The summed E-state index contributed by atoms with van der Waals surface area (Å²) in [6.45, 7) is -1.74. The van der Waals surface area contributed by atoms with Gasteiger partial charge in [-0.05, 0) is 18.2 Å². The number of carbonyl (C=O) groups excluding carboxylic acids is 1. The molecule has 0 heterocycles. The van der Waals surface area contributed by atoms with Crippen molar-refractivity contribution >= 4 is 11.6 Å². The average Bonchev–Trinajstić information content (AvgIpc) is 2.15. The summed E-state index contributed by atoms with van der Waals surface area (Å²) in [5.74, 6) is -1.20. The van der Waals surface area contributed by atoms with Gasteiger partial charge in [-0.1, -0.05) is 6.07 Å². The molecule has 0 radical (unpaired) electrons. The SMILES string of the molecule is O=C(CNCC(F)(F)F)Nc1cccc(F)c1. The number of carbonyl (C=O) groups is 1. The summed E-state index contributed by atoms with van der Waals surface area (Å²) in [7, 11) is 0. The second kappa shape index (κ2) is 5.62. The van der Waals surface area contributed by atoms with Crippen molar-refractivity contribution in [2.24, 2.45) is 0 Å². The Morgan fingerprint density at radius 2 is 2.00 bits per heavy atom. The maximum atomic E-state index is 12.7. The lowest BCUT2D eigenvalue weighted by Crippen LogP contribution is -2.35. The number of rotatable bonds is 4. The second-order valence-corrected chi connectivity index (χ2v) is 3.28. The lowest BCUT2D eigenvalue weighted by molar-refractivity contribution is -0.126. The molecule has 0 unspecified atom stereocenters. The summed E-state index contributed by atoms with van der Waals surface area (Å²) in [4.78, 5) is 11.1. The zero-order chi connectivity index (χ0) is 12.9. The van der Waals surface area contributed by atoms with Crippen molar-refractivity contribution in [3.8, 4) is 0 Å². The van der Waals surface area contributed by atoms with Gasteiger partial charge in [0.05, 0.1) is 13.1 Å². The van der Waals surface area contributed by atoms with Gasteiger partial charge in [-0.3, -0.25) is 4.79 Å². The monoisotopic (exact) mass is 250 g/mol. The standard InChI is InChI=1S/C10H10F4N2O/c11-7-2-1-3-8(4-7)16-9(17)5-15-6-10(12,13)14/h1-4,15H,5-6H2,(H,16,17). The Bertz CT molecular complexity index is 392. The zero-order valence-corrected chi connectivity index (χ0v) is 8.64. The van der Waals surface area contributed by atoms with Crippen LogP contribution >= 0.6 is 0 Å². The van der Waals surface area contributed by atoms with Crippen LogP contribution in [0.2, 0.25) is 0 Å². The molecule has 1 rings (SSSR count). The summed E-state index contributed by atoms with van der Waals surface area (Å²) < 4.78 is 47.9. The molecule has 0 spiro atoms. The Morgan fingerprint density at radius 3 is 2.59 bits per heavy atom. The van der Waals surface area contributed by atoms with Crippen LogP contribution in [0, 0.1) is 5.82 Å². The normalized spacial score (nSPS) is 11.3. The fourth-order valence-corrected chi connectivity index (χ4v) is 1.09. The maximum absolute atomic E-state index is 12.7. The van der Waals surface area contributed by atoms with Crippen molar-refractivity contribution in [2.45, 2.75) is 6.18 Å². The number of benzene rings is 1. The topological polar surface area (TPSA) is 41.1 Å². The molecule has 0 aliphatic heterocycles. The van der Waals surface area contributed by atoms with E-state index in [1.54, 1.807) is 0 Å². The minimum Gasteiger partial charge on any atom is -0.325 e. The third-order valence-corrected chi connectivity index (χ3v) is 1.72. The zero-order valence-electron chi connectivity index (χ0n) is 8.64. The molecule has 7 heteroatoms. The van der Waals surface area contributed by atoms with Gasteiger partial charge in [0.25, 0.3) is 0 Å². The number of hydrogen-bond donors (Lipinski definition) is 2. The lowest BCUT2D eigenvalue weighted by Gasteiger charge is -2.08. The molecule has 0 atom stereocenters. The van der Waals surface area contributed by atoms with Gasteiger partial charge in [-0.25, -0.2) is 4.39 Å². The number of hydrogen-bond acceptors (Lipinski definition) is 2. The highest BCUT2D eigenvalue weighted by Gasteiger charge is 2.26. The molecule has 94 valence electrons. The van der Waals surface area contributed by atoms with E-state index in [2.05, 4.69) is 5.32 Å². The van der Waals surface area contributed by atoms with Crippen LogP contribution in [-0.2, 0) is 4.79 Å². The summed E-state index contributed by atoms with van der Waals surface area (Å²) in [6.07, 6.45) is -4.36. The first-order chi connectivity index (χ1) is 7.87. The number of nitrogens with one attached hydrogen (secondary N) is 2. The van der Waals surface area contributed by atoms with Crippen LogP contribution in [-0.4, -0.2) is 25.2 Å². The van der Waals surface area contributed by atoms with Gasteiger partial charge < -0.3 is 10.6 Å². The van der Waals surface area contributed by atoms with Crippen molar-refractivity contribution in [3.05, 3.63) is 30.1 Å². The van der Waals surface area contributed by atoms with E-state index in [1.807, 2.05) is 5.32 Å². The molecule has 0 bridgehead atoms. The Balaban J connectivity index is 2.35. The lowest BCUT2D eigenvalue weighted by atomic mass is 10.3. The van der Waals surface area contributed by atoms with Gasteiger partial charge in [0.15, 0.2) is 0 Å². The summed E-state index contributed by atoms with van der Waals surface area (Å²) in [5.41, 5.74) is 0.198. The van der Waals surface area contributed by atoms with E-state index in [-0.39, 0.29) is 5.69 Å². The Morgan fingerprint density at radius 1 is 1.29 bits per heavy atom. The fourth-order valence-electron chi connectivity index (χ4n) is 1.09. The predicted molar refractivity (Wildman–Crippen MR) is 54.0 cm³/mol. The highest BCUT2D eigenvalue weighted by Crippen LogP contribution is 2.12. The van der Waals surface area contributed by atoms with Crippen LogP contribution in [0.1, 0.15) is 0 Å². The van der Waals surface area contributed by atoms with Gasteiger partial charge in [0.1, 0.15) is 5.82 Å². The van der Waals surface area contributed by atoms with E-state index in [4.69, 9.17) is 0 Å². The van der Waals surface area contributed by atoms with Crippen LogP contribution in [0.15, 0.2) is 24.3 Å². The van der Waals surface area contributed by atoms with E-state index in [0.29, 0.717) is 0 Å². The molecule has 2 N–H and O–H groups in total. The number of alkyl halides is 3. The highest BCUT2D eigenvalue weighted by molar-refractivity contribution is 5.92. The van der Waals surface area contributed by atoms with E-state index in [9.17, 15) is 22.4 Å². The van der Waals surface area contributed by atoms with Crippen molar-refractivity contribution in [1.29, 1.82) is 0 Å². The molecule has 0 saturated carbocycles. The largest absolute Gasteiger partial charge is 0.401 e. The Hall–Kier alpha value is -1.63. The van der Waals surface area contributed by atoms with E-state index in [0.717, 1.165) is 6.07 Å². The highest BCUT2D eigenvalue weighted by atomic mass is 19.4. The number of amides is 1. The molecule has 1 aromatic rings. The van der Waals surface area contributed by atoms with Crippen molar-refractivity contribution in [3.63, 3.8) is 0 Å². The Labute approximate surface area is 94.8 Å². The molecule has 3 nitrogen and oxygen atoms in total. The number of halogens is 4. The quantitative estimate of drug-likeness (QED) is 0.801. The summed E-state index contributed by atoms with van der Waals surface area (Å²) in [6, 6.07) is 5.08. The van der Waals surface area contributed by atoms with Crippen molar-refractivity contribution in [2.75, 3.05) is 18.4 Å². The first-order valence-electron chi connectivity index (χ1n) is 4.70. The van der Waals surface area contributed by atoms with Crippen molar-refractivity contribution < 1.29 is 22.4 Å². The first-order valence-corrected chi connectivity index (χ1v) is 4.70. The third kappa shape index (κ3) is 5.86. The molecule has 0 saturated heterocycles. The van der Waals surface area contributed by atoms with Gasteiger partial charge in [0, 0.05) is 5.69 Å². The molecule has 1 aromatic carbocycles.